The van der Waals surface area contributed by atoms with Crippen molar-refractivity contribution in [2.45, 2.75) is 38.1 Å². The van der Waals surface area contributed by atoms with Crippen LogP contribution in [0.3, 0.4) is 0 Å². The van der Waals surface area contributed by atoms with Crippen LogP contribution < -0.4 is 5.32 Å². The first-order valence-corrected chi connectivity index (χ1v) is 9.23. The summed E-state index contributed by atoms with van der Waals surface area (Å²) < 4.78 is 0. The van der Waals surface area contributed by atoms with Crippen LogP contribution in [0.1, 0.15) is 36.3 Å². The largest absolute Gasteiger partial charge is 0.381 e. The summed E-state index contributed by atoms with van der Waals surface area (Å²) in [5, 5.41) is 3.53. The van der Waals surface area contributed by atoms with Crippen LogP contribution in [0, 0.1) is 12.8 Å². The van der Waals surface area contributed by atoms with Gasteiger partial charge in [-0.15, -0.1) is 0 Å². The van der Waals surface area contributed by atoms with Gasteiger partial charge in [-0.1, -0.05) is 24.3 Å². The average Bonchev–Trinajstić information content (AvgIpc) is 3.44. The SMILES string of the molecule is Cc1ccccc1[C@@H]1C[C@H]1C(=O)N1CCC(Nc2cccnc2)CC1. The summed E-state index contributed by atoms with van der Waals surface area (Å²) in [6.45, 7) is 3.85. The van der Waals surface area contributed by atoms with Crippen LogP contribution in [0.4, 0.5) is 5.69 Å². The number of hydrogen-bond donors (Lipinski definition) is 1. The predicted octanol–water partition coefficient (Wildman–Crippen LogP) is 3.60. The molecule has 1 aliphatic heterocycles. The van der Waals surface area contributed by atoms with E-state index in [0.29, 0.717) is 17.9 Å². The summed E-state index contributed by atoms with van der Waals surface area (Å²) in [7, 11) is 0. The van der Waals surface area contributed by atoms with Gasteiger partial charge >= 0.3 is 0 Å². The highest BCUT2D eigenvalue weighted by Gasteiger charge is 2.46. The van der Waals surface area contributed by atoms with E-state index in [4.69, 9.17) is 0 Å². The van der Waals surface area contributed by atoms with Gasteiger partial charge in [0.2, 0.25) is 5.91 Å². The Morgan fingerprint density at radius 1 is 1.16 bits per heavy atom. The van der Waals surface area contributed by atoms with Crippen molar-refractivity contribution in [2.24, 2.45) is 5.92 Å². The highest BCUT2D eigenvalue weighted by Crippen LogP contribution is 2.49. The Balaban J connectivity index is 1.30. The number of carbonyl (C=O) groups is 1. The van der Waals surface area contributed by atoms with Gasteiger partial charge in [0.15, 0.2) is 0 Å². The molecule has 1 amide bonds. The topological polar surface area (TPSA) is 45.2 Å². The van der Waals surface area contributed by atoms with Crippen LogP contribution in [-0.2, 0) is 4.79 Å². The van der Waals surface area contributed by atoms with Crippen molar-refractivity contribution < 1.29 is 4.79 Å². The summed E-state index contributed by atoms with van der Waals surface area (Å²) in [4.78, 5) is 19.0. The van der Waals surface area contributed by atoms with E-state index in [0.717, 1.165) is 38.0 Å². The fourth-order valence-electron chi connectivity index (χ4n) is 3.98. The zero-order valence-electron chi connectivity index (χ0n) is 14.7. The smallest absolute Gasteiger partial charge is 0.226 e. The average molecular weight is 335 g/mol. The standard InChI is InChI=1S/C21H25N3O/c1-15-5-2-3-7-18(15)19-13-20(19)21(25)24-11-8-16(9-12-24)23-17-6-4-10-22-14-17/h2-7,10,14,16,19-20,23H,8-9,11-13H2,1H3/t19-,20+/m0/s1. The summed E-state index contributed by atoms with van der Waals surface area (Å²) in [6.07, 6.45) is 6.66. The molecule has 2 aliphatic rings. The zero-order chi connectivity index (χ0) is 17.2. The normalized spacial score (nSPS) is 23.3. The number of hydrogen-bond acceptors (Lipinski definition) is 3. The third kappa shape index (κ3) is 3.53. The van der Waals surface area contributed by atoms with Crippen molar-refractivity contribution in [2.75, 3.05) is 18.4 Å². The summed E-state index contributed by atoms with van der Waals surface area (Å²) in [5.41, 5.74) is 3.73. The van der Waals surface area contributed by atoms with Crippen molar-refractivity contribution in [3.05, 3.63) is 59.9 Å². The first-order chi connectivity index (χ1) is 12.2. The first-order valence-electron chi connectivity index (χ1n) is 9.23. The van der Waals surface area contributed by atoms with Gasteiger partial charge < -0.3 is 10.2 Å². The highest BCUT2D eigenvalue weighted by atomic mass is 16.2. The van der Waals surface area contributed by atoms with E-state index in [1.54, 1.807) is 6.20 Å². The van der Waals surface area contributed by atoms with Crippen LogP contribution >= 0.6 is 0 Å². The molecule has 25 heavy (non-hydrogen) atoms. The number of anilines is 1. The lowest BCUT2D eigenvalue weighted by Gasteiger charge is -2.33. The molecule has 4 rings (SSSR count). The Kier molecular flexibility index (Phi) is 4.43. The number of likely N-dealkylation sites (tertiary alicyclic amines) is 1. The molecule has 0 unspecified atom stereocenters. The number of aryl methyl sites for hydroxylation is 1. The predicted molar refractivity (Wildman–Crippen MR) is 99.5 cm³/mol. The quantitative estimate of drug-likeness (QED) is 0.928. The van der Waals surface area contributed by atoms with Crippen LogP contribution in [0.2, 0.25) is 0 Å². The molecule has 1 aromatic carbocycles. The first kappa shape index (κ1) is 16.1. The van der Waals surface area contributed by atoms with Crippen LogP contribution in [0.15, 0.2) is 48.8 Å². The Morgan fingerprint density at radius 3 is 2.68 bits per heavy atom. The summed E-state index contributed by atoms with van der Waals surface area (Å²) in [5.74, 6) is 0.983. The molecule has 2 heterocycles. The molecule has 4 heteroatoms. The van der Waals surface area contributed by atoms with Gasteiger partial charge in [0.1, 0.15) is 0 Å². The van der Waals surface area contributed by atoms with Gasteiger partial charge in [0.25, 0.3) is 0 Å². The van der Waals surface area contributed by atoms with E-state index >= 15 is 0 Å². The fourth-order valence-corrected chi connectivity index (χ4v) is 3.98. The number of carbonyl (C=O) groups excluding carboxylic acids is 1. The molecule has 1 saturated carbocycles. The molecule has 0 radical (unpaired) electrons. The lowest BCUT2D eigenvalue weighted by atomic mass is 10.0. The summed E-state index contributed by atoms with van der Waals surface area (Å²) in [6, 6.07) is 12.9. The Bertz CT molecular complexity index is 738. The molecule has 1 aromatic heterocycles. The second kappa shape index (κ2) is 6.87. The maximum atomic E-state index is 12.8. The van der Waals surface area contributed by atoms with Gasteiger partial charge in [-0.05, 0) is 55.4 Å². The summed E-state index contributed by atoms with van der Waals surface area (Å²) >= 11 is 0. The monoisotopic (exact) mass is 335 g/mol. The molecular weight excluding hydrogens is 310 g/mol. The molecule has 1 saturated heterocycles. The van der Waals surface area contributed by atoms with Gasteiger partial charge in [0.05, 0.1) is 5.69 Å². The van der Waals surface area contributed by atoms with E-state index in [2.05, 4.69) is 46.4 Å². The fraction of sp³-hybridized carbons (Fsp3) is 0.429. The molecular formula is C21H25N3O. The maximum Gasteiger partial charge on any atom is 0.226 e. The van der Waals surface area contributed by atoms with Gasteiger partial charge in [-0.3, -0.25) is 9.78 Å². The number of nitrogens with one attached hydrogen (secondary N) is 1. The maximum absolute atomic E-state index is 12.8. The number of pyridine rings is 1. The van der Waals surface area contributed by atoms with Gasteiger partial charge in [-0.2, -0.15) is 0 Å². The van der Waals surface area contributed by atoms with E-state index in [1.807, 2.05) is 18.3 Å². The third-order valence-corrected chi connectivity index (χ3v) is 5.53. The van der Waals surface area contributed by atoms with E-state index in [1.165, 1.54) is 11.1 Å². The third-order valence-electron chi connectivity index (χ3n) is 5.53. The second-order valence-electron chi connectivity index (χ2n) is 7.29. The second-order valence-corrected chi connectivity index (χ2v) is 7.29. The van der Waals surface area contributed by atoms with E-state index < -0.39 is 0 Å². The Morgan fingerprint density at radius 2 is 1.96 bits per heavy atom. The molecule has 0 spiro atoms. The molecule has 1 aliphatic carbocycles. The van der Waals surface area contributed by atoms with Crippen molar-refractivity contribution in [3.63, 3.8) is 0 Å². The van der Waals surface area contributed by atoms with Crippen LogP contribution in [-0.4, -0.2) is 34.9 Å². The molecule has 130 valence electrons. The number of benzene rings is 1. The van der Waals surface area contributed by atoms with E-state index in [9.17, 15) is 4.79 Å². The minimum atomic E-state index is 0.198. The lowest BCUT2D eigenvalue weighted by Crippen LogP contribution is -2.43. The molecule has 4 nitrogen and oxygen atoms in total. The van der Waals surface area contributed by atoms with Crippen LogP contribution in [0.25, 0.3) is 0 Å². The van der Waals surface area contributed by atoms with Crippen molar-refractivity contribution in [1.29, 1.82) is 0 Å². The van der Waals surface area contributed by atoms with E-state index in [-0.39, 0.29) is 5.92 Å². The van der Waals surface area contributed by atoms with Crippen LogP contribution in [0.5, 0.6) is 0 Å². The molecule has 2 aromatic rings. The number of aromatic nitrogens is 1. The Labute approximate surface area is 149 Å². The van der Waals surface area contributed by atoms with Gasteiger partial charge in [-0.25, -0.2) is 0 Å². The van der Waals surface area contributed by atoms with Crippen molar-refractivity contribution in [3.8, 4) is 0 Å². The zero-order valence-corrected chi connectivity index (χ0v) is 14.7. The van der Waals surface area contributed by atoms with Gasteiger partial charge in [0, 0.05) is 37.4 Å². The number of nitrogens with zero attached hydrogens (tertiary/aromatic N) is 2. The molecule has 2 atom stereocenters. The minimum Gasteiger partial charge on any atom is -0.381 e. The number of piperidine rings is 1. The van der Waals surface area contributed by atoms with Crippen molar-refractivity contribution >= 4 is 11.6 Å². The molecule has 0 bridgehead atoms. The highest BCUT2D eigenvalue weighted by molar-refractivity contribution is 5.83. The lowest BCUT2D eigenvalue weighted by molar-refractivity contribution is -0.133. The Hall–Kier alpha value is -2.36. The molecule has 2 fully saturated rings. The van der Waals surface area contributed by atoms with Crippen molar-refractivity contribution in [1.82, 2.24) is 9.88 Å². The molecule has 1 N–H and O–H groups in total. The minimum absolute atomic E-state index is 0.198. The number of amides is 1. The number of rotatable bonds is 4.